The van der Waals surface area contributed by atoms with Crippen molar-refractivity contribution < 1.29 is 4.74 Å². The highest BCUT2D eigenvalue weighted by molar-refractivity contribution is 5.60. The predicted octanol–water partition coefficient (Wildman–Crippen LogP) is 6.12. The summed E-state index contributed by atoms with van der Waals surface area (Å²) in [6, 6.07) is 5.39. The minimum Gasteiger partial charge on any atom is -0.488 e. The van der Waals surface area contributed by atoms with Crippen molar-refractivity contribution in [1.82, 2.24) is 15.0 Å². The Morgan fingerprint density at radius 3 is 1.97 bits per heavy atom. The summed E-state index contributed by atoms with van der Waals surface area (Å²) >= 11 is 0. The molecule has 6 nitrogen and oxygen atoms in total. The number of nitrogens with two attached hydrogens (primary N) is 2. The predicted molar refractivity (Wildman–Crippen MR) is 129 cm³/mol. The molecule has 0 saturated carbocycles. The number of hydrogen-bond donors (Lipinski definition) is 2. The maximum Gasteiger partial charge on any atom is 0.142 e. The van der Waals surface area contributed by atoms with E-state index >= 15 is 0 Å². The summed E-state index contributed by atoms with van der Waals surface area (Å²) in [6.45, 7) is 2.27. The van der Waals surface area contributed by atoms with Gasteiger partial charge in [0.25, 0.3) is 0 Å². The highest BCUT2D eigenvalue weighted by atomic mass is 16.5. The summed E-state index contributed by atoms with van der Waals surface area (Å²) in [5, 5.41) is 0. The molecule has 0 aliphatic carbocycles. The van der Waals surface area contributed by atoms with Crippen LogP contribution in [0.25, 0.3) is 0 Å². The van der Waals surface area contributed by atoms with Gasteiger partial charge in [-0.1, -0.05) is 77.6 Å². The van der Waals surface area contributed by atoms with E-state index in [1.807, 2.05) is 12.1 Å². The summed E-state index contributed by atoms with van der Waals surface area (Å²) in [4.78, 5) is 12.4. The molecule has 0 saturated heterocycles. The molecule has 6 heteroatoms. The zero-order valence-electron chi connectivity index (χ0n) is 19.3. The normalized spacial score (nSPS) is 12.0. The molecule has 0 fully saturated rings. The summed E-state index contributed by atoms with van der Waals surface area (Å²) in [5.74, 6) is 1.42. The van der Waals surface area contributed by atoms with Crippen molar-refractivity contribution in [1.29, 1.82) is 0 Å². The molecule has 31 heavy (non-hydrogen) atoms. The van der Waals surface area contributed by atoms with Crippen LogP contribution in [0, 0.1) is 0 Å². The monoisotopic (exact) mass is 427 g/mol. The highest BCUT2D eigenvalue weighted by Crippen LogP contribution is 2.26. The Hall–Kier alpha value is -2.37. The van der Waals surface area contributed by atoms with E-state index in [1.54, 1.807) is 6.07 Å². The molecule has 2 rings (SSSR count). The number of nitrogens with zero attached hydrogens (tertiary/aromatic N) is 3. The summed E-state index contributed by atoms with van der Waals surface area (Å²) < 4.78 is 6.22. The van der Waals surface area contributed by atoms with Crippen molar-refractivity contribution in [3.63, 3.8) is 0 Å². The molecule has 1 atom stereocenters. The first kappa shape index (κ1) is 24.9. The largest absolute Gasteiger partial charge is 0.488 e. The van der Waals surface area contributed by atoms with E-state index in [2.05, 4.69) is 21.9 Å². The molecular formula is C25H41N5O. The molecule has 1 aromatic heterocycles. The fourth-order valence-corrected chi connectivity index (χ4v) is 3.84. The molecular weight excluding hydrogens is 386 g/mol. The number of benzene rings is 1. The molecule has 0 bridgehead atoms. The average molecular weight is 428 g/mol. The first-order chi connectivity index (χ1) is 15.2. The van der Waals surface area contributed by atoms with Gasteiger partial charge in [-0.2, -0.15) is 0 Å². The van der Waals surface area contributed by atoms with Gasteiger partial charge in [0.05, 0.1) is 5.69 Å². The Morgan fingerprint density at radius 1 is 0.806 bits per heavy atom. The number of hydrogen-bond acceptors (Lipinski definition) is 6. The van der Waals surface area contributed by atoms with E-state index in [0.717, 1.165) is 18.7 Å². The van der Waals surface area contributed by atoms with Gasteiger partial charge in [-0.05, 0) is 31.0 Å². The molecule has 0 spiro atoms. The van der Waals surface area contributed by atoms with Gasteiger partial charge in [0.2, 0.25) is 0 Å². The van der Waals surface area contributed by atoms with Crippen molar-refractivity contribution in [3.8, 4) is 5.75 Å². The average Bonchev–Trinajstić information content (AvgIpc) is 2.77. The van der Waals surface area contributed by atoms with Gasteiger partial charge >= 0.3 is 0 Å². The van der Waals surface area contributed by atoms with E-state index < -0.39 is 0 Å². The topological polar surface area (TPSA) is 99.9 Å². The summed E-state index contributed by atoms with van der Waals surface area (Å²) in [6.07, 6.45) is 20.7. The van der Waals surface area contributed by atoms with Crippen LogP contribution in [0.3, 0.4) is 0 Å². The van der Waals surface area contributed by atoms with E-state index in [0.29, 0.717) is 23.5 Å². The Kier molecular flexibility index (Phi) is 12.4. The molecule has 1 heterocycles. The van der Waals surface area contributed by atoms with Gasteiger partial charge in [-0.25, -0.2) is 15.0 Å². The molecule has 4 N–H and O–H groups in total. The molecule has 0 aliphatic heterocycles. The van der Waals surface area contributed by atoms with Crippen LogP contribution in [-0.4, -0.2) is 21.1 Å². The van der Waals surface area contributed by atoms with Crippen LogP contribution in [-0.2, 0) is 6.42 Å². The number of unbranched alkanes of at least 4 members (excludes halogenated alkanes) is 11. The number of anilines is 2. The van der Waals surface area contributed by atoms with Crippen molar-refractivity contribution >= 4 is 11.4 Å². The van der Waals surface area contributed by atoms with Crippen LogP contribution >= 0.6 is 0 Å². The molecule has 0 aliphatic rings. The molecule has 172 valence electrons. The Morgan fingerprint density at radius 2 is 1.39 bits per heavy atom. The van der Waals surface area contributed by atoms with Crippen molar-refractivity contribution in [2.75, 3.05) is 11.5 Å². The molecule has 0 radical (unpaired) electrons. The third-order valence-corrected chi connectivity index (χ3v) is 5.66. The molecule has 1 unspecified atom stereocenters. The zero-order chi connectivity index (χ0) is 22.2. The number of nitrogen functional groups attached to an aromatic ring is 2. The van der Waals surface area contributed by atoms with Crippen LogP contribution in [0.2, 0.25) is 0 Å². The first-order valence-electron chi connectivity index (χ1n) is 12.1. The number of aromatic nitrogens is 3. The van der Waals surface area contributed by atoms with Crippen molar-refractivity contribution in [3.05, 3.63) is 36.7 Å². The maximum absolute atomic E-state index is 6.22. The van der Waals surface area contributed by atoms with E-state index in [-0.39, 0.29) is 6.10 Å². The maximum atomic E-state index is 6.22. The summed E-state index contributed by atoms with van der Waals surface area (Å²) in [7, 11) is 0. The van der Waals surface area contributed by atoms with Gasteiger partial charge in [0.1, 0.15) is 30.3 Å². The lowest BCUT2D eigenvalue weighted by Gasteiger charge is -2.20. The van der Waals surface area contributed by atoms with Crippen LogP contribution in [0.4, 0.5) is 11.4 Å². The quantitative estimate of drug-likeness (QED) is 0.233. The van der Waals surface area contributed by atoms with Crippen molar-refractivity contribution in [2.45, 2.75) is 103 Å². The minimum atomic E-state index is -0.0172. The smallest absolute Gasteiger partial charge is 0.142 e. The highest BCUT2D eigenvalue weighted by Gasteiger charge is 2.15. The minimum absolute atomic E-state index is 0.0172. The Bertz CT molecular complexity index is 710. The van der Waals surface area contributed by atoms with Crippen LogP contribution in [0.1, 0.15) is 96.2 Å². The fourth-order valence-electron chi connectivity index (χ4n) is 3.84. The Labute approximate surface area is 188 Å². The van der Waals surface area contributed by atoms with Crippen LogP contribution in [0.15, 0.2) is 30.9 Å². The van der Waals surface area contributed by atoms with Gasteiger partial charge in [0.15, 0.2) is 0 Å². The lowest BCUT2D eigenvalue weighted by Crippen LogP contribution is -2.21. The van der Waals surface area contributed by atoms with E-state index in [4.69, 9.17) is 16.2 Å². The van der Waals surface area contributed by atoms with Gasteiger partial charge < -0.3 is 16.2 Å². The standard InChI is InChI=1S/C25H41N5O/c1-2-3-4-5-6-7-8-9-10-11-12-13-14-22(18-25-29-19-28-20-30-25)31-24-16-15-21(26)17-23(24)27/h15-17,19-20,22H,2-14,18,26-27H2,1H3. The number of rotatable bonds is 17. The molecule has 0 amide bonds. The molecule has 1 aromatic carbocycles. The fraction of sp³-hybridized carbons (Fsp3) is 0.640. The Balaban J connectivity index is 1.67. The van der Waals surface area contributed by atoms with Gasteiger partial charge in [-0.3, -0.25) is 0 Å². The lowest BCUT2D eigenvalue weighted by atomic mass is 10.0. The second-order valence-electron chi connectivity index (χ2n) is 8.47. The molecule has 2 aromatic rings. The zero-order valence-corrected chi connectivity index (χ0v) is 19.3. The SMILES string of the molecule is CCCCCCCCCCCCCCC(Cc1ncncn1)Oc1ccc(N)cc1N. The van der Waals surface area contributed by atoms with E-state index in [9.17, 15) is 0 Å². The third kappa shape index (κ3) is 11.0. The third-order valence-electron chi connectivity index (χ3n) is 5.66. The van der Waals surface area contributed by atoms with Crippen LogP contribution in [0.5, 0.6) is 5.75 Å². The first-order valence-corrected chi connectivity index (χ1v) is 12.1. The second-order valence-corrected chi connectivity index (χ2v) is 8.47. The van der Waals surface area contributed by atoms with Crippen molar-refractivity contribution in [2.24, 2.45) is 0 Å². The number of ether oxygens (including phenoxy) is 1. The lowest BCUT2D eigenvalue weighted by molar-refractivity contribution is 0.185. The second kappa shape index (κ2) is 15.4. The van der Waals surface area contributed by atoms with Gasteiger partial charge in [0, 0.05) is 12.1 Å². The van der Waals surface area contributed by atoms with Gasteiger partial charge in [-0.15, -0.1) is 0 Å². The van der Waals surface area contributed by atoms with E-state index in [1.165, 1.54) is 83.3 Å². The summed E-state index contributed by atoms with van der Waals surface area (Å²) in [5.41, 5.74) is 13.1. The van der Waals surface area contributed by atoms with Crippen LogP contribution < -0.4 is 16.2 Å².